The Balaban J connectivity index is 2.38. The van der Waals surface area contributed by atoms with Gasteiger partial charge in [0, 0.05) is 6.07 Å². The van der Waals surface area contributed by atoms with E-state index in [0.29, 0.717) is 10.7 Å². The van der Waals surface area contributed by atoms with Crippen LogP contribution in [0.25, 0.3) is 10.7 Å². The molecule has 2 aromatic heterocycles. The standard InChI is InChI=1S/C6H5N5O2S/c7-6-8-5(9-10-6)3-1-2-4(14-3)11(12)13/h1-2H,(H3,7,8,9,10). The van der Waals surface area contributed by atoms with Gasteiger partial charge in [-0.05, 0) is 6.07 Å². The molecule has 0 radical (unpaired) electrons. The molecule has 0 aliphatic heterocycles. The Morgan fingerprint density at radius 3 is 2.86 bits per heavy atom. The number of nitrogen functional groups attached to an aromatic ring is 1. The highest BCUT2D eigenvalue weighted by molar-refractivity contribution is 7.18. The first-order valence-electron chi connectivity index (χ1n) is 3.59. The van der Waals surface area contributed by atoms with Crippen LogP contribution in [-0.4, -0.2) is 20.1 Å². The number of aromatic nitrogens is 3. The molecule has 8 heteroatoms. The Hall–Kier alpha value is -1.96. The van der Waals surface area contributed by atoms with Crippen molar-refractivity contribution in [3.8, 4) is 10.7 Å². The van der Waals surface area contributed by atoms with Gasteiger partial charge in [-0.2, -0.15) is 4.98 Å². The zero-order valence-corrected chi connectivity index (χ0v) is 7.61. The molecule has 0 fully saturated rings. The summed E-state index contributed by atoms with van der Waals surface area (Å²) in [6.07, 6.45) is 0. The lowest BCUT2D eigenvalue weighted by atomic mass is 10.4. The van der Waals surface area contributed by atoms with E-state index in [2.05, 4.69) is 15.2 Å². The summed E-state index contributed by atoms with van der Waals surface area (Å²) in [6.45, 7) is 0. The number of hydrogen-bond donors (Lipinski definition) is 2. The molecule has 14 heavy (non-hydrogen) atoms. The number of rotatable bonds is 2. The molecular weight excluding hydrogens is 206 g/mol. The summed E-state index contributed by atoms with van der Waals surface area (Å²) in [6, 6.07) is 3.02. The van der Waals surface area contributed by atoms with Gasteiger partial charge >= 0.3 is 5.00 Å². The first-order valence-corrected chi connectivity index (χ1v) is 4.41. The topological polar surface area (TPSA) is 111 Å². The third-order valence-electron chi connectivity index (χ3n) is 1.51. The van der Waals surface area contributed by atoms with E-state index in [1.54, 1.807) is 6.07 Å². The number of anilines is 1. The summed E-state index contributed by atoms with van der Waals surface area (Å²) in [5.41, 5.74) is 5.30. The highest BCUT2D eigenvalue weighted by Crippen LogP contribution is 2.30. The fraction of sp³-hybridized carbons (Fsp3) is 0. The second-order valence-electron chi connectivity index (χ2n) is 2.44. The molecule has 0 amide bonds. The van der Waals surface area contributed by atoms with Gasteiger partial charge in [0.25, 0.3) is 0 Å². The van der Waals surface area contributed by atoms with Crippen LogP contribution in [0.4, 0.5) is 10.9 Å². The van der Waals surface area contributed by atoms with Crippen molar-refractivity contribution in [3.63, 3.8) is 0 Å². The molecule has 0 spiro atoms. The maximum atomic E-state index is 10.4. The first kappa shape index (κ1) is 8.63. The van der Waals surface area contributed by atoms with Crippen LogP contribution in [0, 0.1) is 10.1 Å². The van der Waals surface area contributed by atoms with Crippen LogP contribution in [0.3, 0.4) is 0 Å². The number of hydrogen-bond acceptors (Lipinski definition) is 6. The van der Waals surface area contributed by atoms with Crippen molar-refractivity contribution >= 4 is 22.3 Å². The van der Waals surface area contributed by atoms with Gasteiger partial charge in [-0.25, -0.2) is 0 Å². The van der Waals surface area contributed by atoms with E-state index in [1.807, 2.05) is 0 Å². The Labute approximate surface area is 81.7 Å². The molecule has 0 saturated heterocycles. The molecule has 0 aliphatic carbocycles. The summed E-state index contributed by atoms with van der Waals surface area (Å²) in [5.74, 6) is 0.566. The molecule has 2 aromatic rings. The summed E-state index contributed by atoms with van der Waals surface area (Å²) < 4.78 is 0. The van der Waals surface area contributed by atoms with Gasteiger partial charge in [0.2, 0.25) is 5.95 Å². The number of H-pyrrole nitrogens is 1. The van der Waals surface area contributed by atoms with Crippen LogP contribution < -0.4 is 5.73 Å². The van der Waals surface area contributed by atoms with Crippen LogP contribution in [0.5, 0.6) is 0 Å². The van der Waals surface area contributed by atoms with Gasteiger partial charge in [0.1, 0.15) is 0 Å². The predicted molar refractivity (Wildman–Crippen MR) is 50.8 cm³/mol. The van der Waals surface area contributed by atoms with Crippen LogP contribution >= 0.6 is 11.3 Å². The average Bonchev–Trinajstić information content (AvgIpc) is 2.70. The third-order valence-corrected chi connectivity index (χ3v) is 2.55. The van der Waals surface area contributed by atoms with E-state index >= 15 is 0 Å². The molecule has 7 nitrogen and oxygen atoms in total. The molecule has 0 bridgehead atoms. The van der Waals surface area contributed by atoms with E-state index < -0.39 is 4.92 Å². The zero-order chi connectivity index (χ0) is 10.1. The summed E-state index contributed by atoms with van der Waals surface area (Å²) >= 11 is 1.02. The van der Waals surface area contributed by atoms with E-state index in [0.717, 1.165) is 11.3 Å². The number of nitrogens with two attached hydrogens (primary N) is 1. The van der Waals surface area contributed by atoms with Crippen LogP contribution in [0.1, 0.15) is 0 Å². The van der Waals surface area contributed by atoms with Gasteiger partial charge in [-0.3, -0.25) is 15.2 Å². The molecule has 72 valence electrons. The first-order chi connectivity index (χ1) is 6.66. The smallest absolute Gasteiger partial charge is 0.324 e. The largest absolute Gasteiger partial charge is 0.366 e. The second kappa shape index (κ2) is 3.07. The monoisotopic (exact) mass is 211 g/mol. The SMILES string of the molecule is Nc1n[nH]c(-c2ccc([N+](=O)[O-])s2)n1. The number of nitro groups is 1. The van der Waals surface area contributed by atoms with E-state index in [1.165, 1.54) is 6.07 Å². The van der Waals surface area contributed by atoms with Gasteiger partial charge < -0.3 is 5.73 Å². The van der Waals surface area contributed by atoms with Crippen LogP contribution in [-0.2, 0) is 0 Å². The predicted octanol–water partition coefficient (Wildman–Crippen LogP) is 1.02. The molecule has 0 unspecified atom stereocenters. The van der Waals surface area contributed by atoms with E-state index in [9.17, 15) is 10.1 Å². The lowest BCUT2D eigenvalue weighted by Crippen LogP contribution is -1.84. The molecule has 3 N–H and O–H groups in total. The molecule has 2 rings (SSSR count). The summed E-state index contributed by atoms with van der Waals surface area (Å²) in [5, 5.41) is 16.7. The van der Waals surface area contributed by atoms with Crippen molar-refractivity contribution in [2.24, 2.45) is 0 Å². The molecule has 0 aliphatic rings. The Morgan fingerprint density at radius 1 is 1.57 bits per heavy atom. The Kier molecular flexibility index (Phi) is 1.89. The summed E-state index contributed by atoms with van der Waals surface area (Å²) in [7, 11) is 0. The maximum absolute atomic E-state index is 10.4. The van der Waals surface area contributed by atoms with E-state index in [4.69, 9.17) is 5.73 Å². The average molecular weight is 211 g/mol. The van der Waals surface area contributed by atoms with E-state index in [-0.39, 0.29) is 10.9 Å². The van der Waals surface area contributed by atoms with Gasteiger partial charge in [-0.15, -0.1) is 5.10 Å². The van der Waals surface area contributed by atoms with Crippen LogP contribution in [0.15, 0.2) is 12.1 Å². The van der Waals surface area contributed by atoms with Crippen LogP contribution in [0.2, 0.25) is 0 Å². The van der Waals surface area contributed by atoms with Crippen molar-refractivity contribution in [1.29, 1.82) is 0 Å². The van der Waals surface area contributed by atoms with Gasteiger partial charge in [-0.1, -0.05) is 11.3 Å². The second-order valence-corrected chi connectivity index (χ2v) is 3.50. The molecule has 0 aromatic carbocycles. The maximum Gasteiger partial charge on any atom is 0.324 e. The normalized spacial score (nSPS) is 10.3. The molecular formula is C6H5N5O2S. The van der Waals surface area contributed by atoms with Gasteiger partial charge in [0.15, 0.2) is 5.82 Å². The number of nitrogens with one attached hydrogen (secondary N) is 1. The lowest BCUT2D eigenvalue weighted by Gasteiger charge is -1.84. The number of thiophene rings is 1. The highest BCUT2D eigenvalue weighted by Gasteiger charge is 2.13. The number of aromatic amines is 1. The number of nitrogens with zero attached hydrogens (tertiary/aromatic N) is 3. The molecule has 2 heterocycles. The van der Waals surface area contributed by atoms with Gasteiger partial charge in [0.05, 0.1) is 9.80 Å². The van der Waals surface area contributed by atoms with Crippen molar-refractivity contribution in [1.82, 2.24) is 15.2 Å². The van der Waals surface area contributed by atoms with Crippen molar-refractivity contribution in [2.45, 2.75) is 0 Å². The Bertz CT molecular complexity index is 476. The third kappa shape index (κ3) is 1.42. The quantitative estimate of drug-likeness (QED) is 0.569. The fourth-order valence-electron chi connectivity index (χ4n) is 0.938. The minimum atomic E-state index is -0.451. The minimum Gasteiger partial charge on any atom is -0.366 e. The highest BCUT2D eigenvalue weighted by atomic mass is 32.1. The lowest BCUT2D eigenvalue weighted by molar-refractivity contribution is -0.380. The molecule has 0 atom stereocenters. The zero-order valence-electron chi connectivity index (χ0n) is 6.80. The van der Waals surface area contributed by atoms with Crippen molar-refractivity contribution in [2.75, 3.05) is 5.73 Å². The Morgan fingerprint density at radius 2 is 2.36 bits per heavy atom. The van der Waals surface area contributed by atoms with Crippen molar-refractivity contribution in [3.05, 3.63) is 22.2 Å². The van der Waals surface area contributed by atoms with Crippen molar-refractivity contribution < 1.29 is 4.92 Å². The summed E-state index contributed by atoms with van der Waals surface area (Å²) in [4.78, 5) is 14.4. The fourth-order valence-corrected chi connectivity index (χ4v) is 1.70. The molecule has 0 saturated carbocycles. The minimum absolute atomic E-state index is 0.0648.